The summed E-state index contributed by atoms with van der Waals surface area (Å²) in [7, 11) is 1.17. The molecule has 0 fully saturated rings. The lowest BCUT2D eigenvalue weighted by Gasteiger charge is -2.28. The molecule has 0 saturated heterocycles. The van der Waals surface area contributed by atoms with Crippen molar-refractivity contribution in [1.29, 1.82) is 0 Å². The fourth-order valence-electron chi connectivity index (χ4n) is 10.1. The van der Waals surface area contributed by atoms with Crippen LogP contribution in [-0.2, 0) is 32.7 Å². The highest BCUT2D eigenvalue weighted by Gasteiger charge is 2.22. The number of carbonyl (C=O) groups excluding carboxylic acids is 2. The van der Waals surface area contributed by atoms with Crippen LogP contribution in [0.25, 0.3) is 0 Å². The lowest BCUT2D eigenvalue weighted by molar-refractivity contribution is -0.870. The molecule has 0 aromatic heterocycles. The lowest BCUT2D eigenvalue weighted by atomic mass is 10.0. The van der Waals surface area contributed by atoms with E-state index in [9.17, 15) is 19.0 Å². The molecule has 0 rings (SSSR count). The third kappa shape index (κ3) is 66.8. The van der Waals surface area contributed by atoms with Crippen LogP contribution < -0.4 is 4.89 Å². The highest BCUT2D eigenvalue weighted by Crippen LogP contribution is 2.38. The number of ether oxygens (including phenoxy) is 2. The highest BCUT2D eigenvalue weighted by atomic mass is 31.2. The van der Waals surface area contributed by atoms with Gasteiger partial charge in [0.1, 0.15) is 19.8 Å². The Labute approximate surface area is 508 Å². The summed E-state index contributed by atoms with van der Waals surface area (Å²) in [6.07, 6.45) is 83.2. The maximum absolute atomic E-state index is 12.8. The summed E-state index contributed by atoms with van der Waals surface area (Å²) in [5, 5.41) is 0. The molecule has 0 saturated carbocycles. The topological polar surface area (TPSA) is 111 Å². The summed E-state index contributed by atoms with van der Waals surface area (Å²) in [6, 6.07) is 0. The van der Waals surface area contributed by atoms with E-state index in [-0.39, 0.29) is 32.0 Å². The largest absolute Gasteiger partial charge is 0.756 e. The molecule has 0 amide bonds. The first-order valence-corrected chi connectivity index (χ1v) is 36.5. The molecule has 480 valence electrons. The van der Waals surface area contributed by atoms with Crippen molar-refractivity contribution in [3.8, 4) is 0 Å². The van der Waals surface area contributed by atoms with Gasteiger partial charge in [0, 0.05) is 12.8 Å². The number of carbonyl (C=O) groups is 2. The van der Waals surface area contributed by atoms with E-state index in [2.05, 4.69) is 74.6 Å². The van der Waals surface area contributed by atoms with Crippen LogP contribution in [-0.4, -0.2) is 70.0 Å². The van der Waals surface area contributed by atoms with Crippen LogP contribution in [0.5, 0.6) is 0 Å². The van der Waals surface area contributed by atoms with Gasteiger partial charge in [0.05, 0.1) is 27.7 Å². The van der Waals surface area contributed by atoms with Gasteiger partial charge in [-0.2, -0.15) is 0 Å². The van der Waals surface area contributed by atoms with Gasteiger partial charge in [0.15, 0.2) is 6.10 Å². The van der Waals surface area contributed by atoms with Crippen LogP contribution in [0.1, 0.15) is 335 Å². The number of phosphoric ester groups is 1. The number of hydrogen-bond donors (Lipinski definition) is 0. The second-order valence-electron chi connectivity index (χ2n) is 24.9. The van der Waals surface area contributed by atoms with E-state index in [4.69, 9.17) is 18.5 Å². The van der Waals surface area contributed by atoms with Gasteiger partial charge in [0.2, 0.25) is 0 Å². The Hall–Kier alpha value is -2.29. The molecule has 0 aromatic rings. The van der Waals surface area contributed by atoms with Gasteiger partial charge in [-0.1, -0.05) is 299 Å². The lowest BCUT2D eigenvalue weighted by Crippen LogP contribution is -2.37. The number of unbranched alkanes of at least 4 members (excludes halogenated alkanes) is 41. The molecule has 0 heterocycles. The van der Waals surface area contributed by atoms with Gasteiger partial charge >= 0.3 is 11.9 Å². The summed E-state index contributed by atoms with van der Waals surface area (Å²) in [5.74, 6) is -0.835. The number of nitrogens with zero attached hydrogens (tertiary/aromatic N) is 1. The van der Waals surface area contributed by atoms with E-state index in [0.717, 1.165) is 77.0 Å². The monoisotopic (exact) mass is 1170 g/mol. The molecule has 0 aliphatic carbocycles. The van der Waals surface area contributed by atoms with Crippen molar-refractivity contribution in [3.05, 3.63) is 60.8 Å². The van der Waals surface area contributed by atoms with Crippen LogP contribution in [0.4, 0.5) is 0 Å². The summed E-state index contributed by atoms with van der Waals surface area (Å²) < 4.78 is 34.2. The van der Waals surface area contributed by atoms with Crippen molar-refractivity contribution in [1.82, 2.24) is 0 Å². The molecule has 0 radical (unpaired) electrons. The van der Waals surface area contributed by atoms with Gasteiger partial charge in [-0.05, 0) is 83.5 Å². The zero-order valence-electron chi connectivity index (χ0n) is 54.7. The van der Waals surface area contributed by atoms with Crippen LogP contribution >= 0.6 is 7.82 Å². The molecule has 0 N–H and O–H groups in total. The van der Waals surface area contributed by atoms with Crippen LogP contribution in [0.15, 0.2) is 60.8 Å². The van der Waals surface area contributed by atoms with Crippen molar-refractivity contribution in [3.63, 3.8) is 0 Å². The average molecular weight is 1170 g/mol. The minimum atomic E-state index is -4.64. The van der Waals surface area contributed by atoms with Crippen LogP contribution in [0.2, 0.25) is 0 Å². The Morgan fingerprint density at radius 1 is 0.378 bits per heavy atom. The van der Waals surface area contributed by atoms with E-state index in [1.807, 2.05) is 21.1 Å². The van der Waals surface area contributed by atoms with Gasteiger partial charge in [-0.25, -0.2) is 0 Å². The number of hydrogen-bond acceptors (Lipinski definition) is 8. The maximum Gasteiger partial charge on any atom is 0.306 e. The van der Waals surface area contributed by atoms with Crippen molar-refractivity contribution < 1.29 is 42.1 Å². The first-order valence-electron chi connectivity index (χ1n) is 35.0. The van der Waals surface area contributed by atoms with E-state index in [0.29, 0.717) is 17.4 Å². The van der Waals surface area contributed by atoms with Crippen LogP contribution in [0, 0.1) is 0 Å². The predicted molar refractivity (Wildman–Crippen MR) is 351 cm³/mol. The molecule has 10 heteroatoms. The van der Waals surface area contributed by atoms with Crippen LogP contribution in [0.3, 0.4) is 0 Å². The molecule has 0 aliphatic heterocycles. The summed E-state index contributed by atoms with van der Waals surface area (Å²) in [6.45, 7) is 4.22. The molecule has 0 spiro atoms. The Kier molecular flexibility index (Phi) is 61.5. The van der Waals surface area contributed by atoms with Crippen molar-refractivity contribution in [2.45, 2.75) is 341 Å². The molecule has 0 aromatic carbocycles. The SMILES string of the molecule is CCCCC/C=C\C/C=C\C/C=C\CCCCCCCCC(=O)OC(COC(=O)CCCCCCCCCCCCCCCCCCCCCCCCCCCCC/C=C\C/C=C\CCCCCCC)COP(=O)([O-])OCC[N+](C)(C)C. The first kappa shape index (κ1) is 79.7. The standard InChI is InChI=1S/C72H134NO8P/c1-6-8-10-12-14-16-18-20-22-24-26-27-28-29-30-31-32-33-34-35-36-37-38-39-40-41-42-43-44-45-47-48-50-52-54-56-58-60-62-64-71(74)78-68-70(69-80-82(76,77)79-67-66-73(3,4)5)81-72(75)65-63-61-59-57-55-53-51-49-46-25-23-21-19-17-15-13-11-9-7-2/h15,17-18,20-21,23-24,26,46,49,70H,6-14,16,19,22,25,27-45,47-48,50-69H2,1-5H3/b17-15-,20-18-,23-21-,26-24-,49-46-. The molecule has 0 aliphatic rings. The molecule has 9 nitrogen and oxygen atoms in total. The number of esters is 2. The smallest absolute Gasteiger partial charge is 0.306 e. The average Bonchev–Trinajstić information content (AvgIpc) is 3.46. The number of allylic oxidation sites excluding steroid dienone is 10. The summed E-state index contributed by atoms with van der Waals surface area (Å²) in [4.78, 5) is 38.0. The van der Waals surface area contributed by atoms with E-state index in [1.165, 1.54) is 225 Å². The molecular formula is C72H134NO8P. The second-order valence-corrected chi connectivity index (χ2v) is 26.3. The normalized spacial score (nSPS) is 13.5. The zero-order chi connectivity index (χ0) is 59.8. The van der Waals surface area contributed by atoms with E-state index in [1.54, 1.807) is 0 Å². The van der Waals surface area contributed by atoms with Gasteiger partial charge in [-0.15, -0.1) is 0 Å². The third-order valence-electron chi connectivity index (χ3n) is 15.5. The van der Waals surface area contributed by atoms with Crippen molar-refractivity contribution in [2.24, 2.45) is 0 Å². The fourth-order valence-corrected chi connectivity index (χ4v) is 10.8. The fraction of sp³-hybridized carbons (Fsp3) is 0.833. The van der Waals surface area contributed by atoms with E-state index < -0.39 is 26.5 Å². The van der Waals surface area contributed by atoms with Gasteiger partial charge in [0.25, 0.3) is 7.82 Å². The summed E-state index contributed by atoms with van der Waals surface area (Å²) >= 11 is 0. The number of likely N-dealkylation sites (N-methyl/N-ethyl adjacent to an activating group) is 1. The molecule has 82 heavy (non-hydrogen) atoms. The number of rotatable bonds is 65. The maximum atomic E-state index is 12.8. The minimum Gasteiger partial charge on any atom is -0.756 e. The minimum absolute atomic E-state index is 0.0335. The van der Waals surface area contributed by atoms with Crippen molar-refractivity contribution >= 4 is 19.8 Å². The molecule has 2 atom stereocenters. The molecular weight excluding hydrogens is 1040 g/mol. The van der Waals surface area contributed by atoms with Gasteiger partial charge < -0.3 is 27.9 Å². The zero-order valence-corrected chi connectivity index (χ0v) is 55.6. The van der Waals surface area contributed by atoms with Gasteiger partial charge in [-0.3, -0.25) is 14.2 Å². The third-order valence-corrected chi connectivity index (χ3v) is 16.5. The van der Waals surface area contributed by atoms with Crippen molar-refractivity contribution in [2.75, 3.05) is 47.5 Å². The van der Waals surface area contributed by atoms with E-state index >= 15 is 0 Å². The Morgan fingerprint density at radius 3 is 1.00 bits per heavy atom. The second kappa shape index (κ2) is 63.2. The molecule has 2 unspecified atom stereocenters. The number of quaternary nitrogens is 1. The quantitative estimate of drug-likeness (QED) is 0.0195. The Morgan fingerprint density at radius 2 is 0.659 bits per heavy atom. The predicted octanol–water partition coefficient (Wildman–Crippen LogP) is 22.0. The highest BCUT2D eigenvalue weighted by molar-refractivity contribution is 7.45. The Balaban J connectivity index is 3.91. The number of phosphoric acid groups is 1. The summed E-state index contributed by atoms with van der Waals surface area (Å²) in [5.41, 5.74) is 0. The first-order chi connectivity index (χ1) is 40.0. The Bertz CT molecular complexity index is 1570. The molecule has 0 bridgehead atoms.